The number of aryl methyl sites for hydroxylation is 2. The first-order valence-corrected chi connectivity index (χ1v) is 10.7. The molecule has 0 saturated carbocycles. The number of benzene rings is 2. The number of aromatic nitrogens is 1. The van der Waals surface area contributed by atoms with Crippen molar-refractivity contribution in [2.24, 2.45) is 0 Å². The number of Topliss-reactive ketones (excluding diaryl/α,β-unsaturated/α-hetero) is 1. The molecular weight excluding hydrogens is 436 g/mol. The zero-order chi connectivity index (χ0) is 24.0. The van der Waals surface area contributed by atoms with Gasteiger partial charge in [-0.1, -0.05) is 0 Å². The number of hydrogen-bond acceptors (Lipinski definition) is 7. The second-order valence-electron chi connectivity index (χ2n) is 8.12. The topological polar surface area (TPSA) is 98.2 Å². The van der Waals surface area contributed by atoms with Gasteiger partial charge in [-0.25, -0.2) is 0 Å². The number of amides is 1. The van der Waals surface area contributed by atoms with E-state index in [0.29, 0.717) is 39.6 Å². The van der Waals surface area contributed by atoms with Gasteiger partial charge in [0.15, 0.2) is 11.5 Å². The SMILES string of the molecule is COc1cc(C)c(/C(O)=C2\C(=O)C(=O)N(c3ccc4c(c3)OCO4)C2c2ccncc2)cc1C. The number of methoxy groups -OCH3 is 1. The Morgan fingerprint density at radius 3 is 2.50 bits per heavy atom. The summed E-state index contributed by atoms with van der Waals surface area (Å²) in [7, 11) is 1.57. The van der Waals surface area contributed by atoms with Crippen LogP contribution in [0.2, 0.25) is 0 Å². The number of ketones is 1. The summed E-state index contributed by atoms with van der Waals surface area (Å²) in [5.41, 5.74) is 3.05. The summed E-state index contributed by atoms with van der Waals surface area (Å²) < 4.78 is 16.2. The number of rotatable bonds is 4. The van der Waals surface area contributed by atoms with Crippen molar-refractivity contribution in [2.45, 2.75) is 19.9 Å². The van der Waals surface area contributed by atoms with Crippen molar-refractivity contribution in [1.82, 2.24) is 4.98 Å². The highest BCUT2D eigenvalue weighted by Gasteiger charge is 2.47. The quantitative estimate of drug-likeness (QED) is 0.358. The summed E-state index contributed by atoms with van der Waals surface area (Å²) in [6.07, 6.45) is 3.16. The van der Waals surface area contributed by atoms with Crippen LogP contribution in [-0.4, -0.2) is 35.7 Å². The monoisotopic (exact) mass is 458 g/mol. The second kappa shape index (κ2) is 8.22. The van der Waals surface area contributed by atoms with Crippen LogP contribution in [0, 0.1) is 13.8 Å². The van der Waals surface area contributed by atoms with Crippen molar-refractivity contribution in [3.63, 3.8) is 0 Å². The molecule has 172 valence electrons. The van der Waals surface area contributed by atoms with E-state index in [-0.39, 0.29) is 18.1 Å². The van der Waals surface area contributed by atoms with Gasteiger partial charge in [0.2, 0.25) is 6.79 Å². The van der Waals surface area contributed by atoms with Gasteiger partial charge in [-0.2, -0.15) is 0 Å². The number of hydrogen-bond donors (Lipinski definition) is 1. The number of aliphatic hydroxyl groups excluding tert-OH is 1. The number of carbonyl (C=O) groups is 2. The van der Waals surface area contributed by atoms with Crippen molar-refractivity contribution in [3.05, 3.63) is 82.7 Å². The van der Waals surface area contributed by atoms with Crippen LogP contribution < -0.4 is 19.1 Å². The van der Waals surface area contributed by atoms with Gasteiger partial charge >= 0.3 is 0 Å². The lowest BCUT2D eigenvalue weighted by Gasteiger charge is -2.25. The van der Waals surface area contributed by atoms with Crippen molar-refractivity contribution in [3.8, 4) is 17.2 Å². The predicted molar refractivity (Wildman–Crippen MR) is 124 cm³/mol. The lowest BCUT2D eigenvalue weighted by atomic mass is 9.93. The highest BCUT2D eigenvalue weighted by atomic mass is 16.7. The minimum atomic E-state index is -0.856. The average molecular weight is 458 g/mol. The summed E-state index contributed by atoms with van der Waals surface area (Å²) in [5.74, 6) is -0.0539. The fourth-order valence-corrected chi connectivity index (χ4v) is 4.40. The fraction of sp³-hybridized carbons (Fsp3) is 0.192. The van der Waals surface area contributed by atoms with Gasteiger partial charge in [-0.3, -0.25) is 19.5 Å². The third kappa shape index (κ3) is 3.35. The molecular formula is C26H22N2O6. The number of carbonyl (C=O) groups excluding carboxylic acids is 2. The third-order valence-electron chi connectivity index (χ3n) is 6.10. The Balaban J connectivity index is 1.71. The highest BCUT2D eigenvalue weighted by Crippen LogP contribution is 2.45. The summed E-state index contributed by atoms with van der Waals surface area (Å²) >= 11 is 0. The van der Waals surface area contributed by atoms with E-state index in [1.807, 2.05) is 13.8 Å². The normalized spacial score (nSPS) is 18.4. The molecule has 2 aliphatic heterocycles. The van der Waals surface area contributed by atoms with E-state index in [9.17, 15) is 14.7 Å². The smallest absolute Gasteiger partial charge is 0.300 e. The molecule has 3 aromatic rings. The molecule has 1 amide bonds. The molecule has 2 aromatic carbocycles. The largest absolute Gasteiger partial charge is 0.507 e. The summed E-state index contributed by atoms with van der Waals surface area (Å²) in [6.45, 7) is 3.74. The molecule has 1 unspecified atom stereocenters. The van der Waals surface area contributed by atoms with Crippen molar-refractivity contribution in [2.75, 3.05) is 18.8 Å². The molecule has 34 heavy (non-hydrogen) atoms. The molecule has 8 nitrogen and oxygen atoms in total. The molecule has 5 rings (SSSR count). The molecule has 3 heterocycles. The van der Waals surface area contributed by atoms with Crippen LogP contribution in [0.25, 0.3) is 5.76 Å². The van der Waals surface area contributed by atoms with Gasteiger partial charge in [0.25, 0.3) is 11.7 Å². The minimum Gasteiger partial charge on any atom is -0.507 e. The third-order valence-corrected chi connectivity index (χ3v) is 6.10. The van der Waals surface area contributed by atoms with Crippen LogP contribution in [0.4, 0.5) is 5.69 Å². The second-order valence-corrected chi connectivity index (χ2v) is 8.12. The van der Waals surface area contributed by atoms with Crippen LogP contribution in [0.5, 0.6) is 17.2 Å². The molecule has 0 radical (unpaired) electrons. The first kappa shape index (κ1) is 21.5. The number of nitrogens with zero attached hydrogens (tertiary/aromatic N) is 2. The Morgan fingerprint density at radius 1 is 1.03 bits per heavy atom. The van der Waals surface area contributed by atoms with Gasteiger partial charge in [-0.05, 0) is 66.9 Å². The fourth-order valence-electron chi connectivity index (χ4n) is 4.40. The van der Waals surface area contributed by atoms with E-state index in [4.69, 9.17) is 14.2 Å². The Kier molecular flexibility index (Phi) is 5.20. The van der Waals surface area contributed by atoms with E-state index >= 15 is 0 Å². The van der Waals surface area contributed by atoms with Gasteiger partial charge in [0, 0.05) is 29.7 Å². The predicted octanol–water partition coefficient (Wildman–Crippen LogP) is 4.06. The van der Waals surface area contributed by atoms with Crippen LogP contribution >= 0.6 is 0 Å². The minimum absolute atomic E-state index is 0.00142. The lowest BCUT2D eigenvalue weighted by Crippen LogP contribution is -2.29. The van der Waals surface area contributed by atoms with Gasteiger partial charge in [0.1, 0.15) is 11.5 Å². The standard InChI is InChI=1S/C26H22N2O6/c1-14-11-20(32-3)15(2)10-18(14)24(29)22-23(16-6-8-27-9-7-16)28(26(31)25(22)30)17-4-5-19-21(12-17)34-13-33-19/h4-12,23,29H,13H2,1-3H3/b24-22+. The maximum atomic E-state index is 13.3. The molecule has 1 N–H and O–H groups in total. The van der Waals surface area contributed by atoms with Crippen LogP contribution in [-0.2, 0) is 9.59 Å². The van der Waals surface area contributed by atoms with Gasteiger partial charge in [0.05, 0.1) is 18.7 Å². The molecule has 1 aromatic heterocycles. The molecule has 1 atom stereocenters. The van der Waals surface area contributed by atoms with Crippen molar-refractivity contribution >= 4 is 23.1 Å². The Hall–Kier alpha value is -4.33. The first-order chi connectivity index (χ1) is 16.4. The number of pyridine rings is 1. The maximum absolute atomic E-state index is 13.3. The molecule has 2 aliphatic rings. The lowest BCUT2D eigenvalue weighted by molar-refractivity contribution is -0.132. The van der Waals surface area contributed by atoms with Crippen molar-refractivity contribution < 1.29 is 28.9 Å². The van der Waals surface area contributed by atoms with E-state index in [0.717, 1.165) is 5.56 Å². The molecule has 1 fully saturated rings. The van der Waals surface area contributed by atoms with E-state index in [1.54, 1.807) is 62.0 Å². The molecule has 0 aliphatic carbocycles. The Morgan fingerprint density at radius 2 is 1.76 bits per heavy atom. The zero-order valence-electron chi connectivity index (χ0n) is 18.9. The maximum Gasteiger partial charge on any atom is 0.300 e. The Bertz CT molecular complexity index is 1350. The number of ether oxygens (including phenoxy) is 3. The van der Waals surface area contributed by atoms with Crippen LogP contribution in [0.3, 0.4) is 0 Å². The van der Waals surface area contributed by atoms with Crippen LogP contribution in [0.15, 0.2) is 60.4 Å². The molecule has 0 bridgehead atoms. The number of aliphatic hydroxyl groups is 1. The van der Waals surface area contributed by atoms with Crippen LogP contribution in [0.1, 0.15) is 28.3 Å². The van der Waals surface area contributed by atoms with E-state index in [2.05, 4.69) is 4.98 Å². The number of anilines is 1. The molecule has 1 saturated heterocycles. The average Bonchev–Trinajstić information content (AvgIpc) is 3.42. The highest BCUT2D eigenvalue weighted by molar-refractivity contribution is 6.51. The van der Waals surface area contributed by atoms with Gasteiger partial charge < -0.3 is 19.3 Å². The number of fused-ring (bicyclic) bond motifs is 1. The zero-order valence-corrected chi connectivity index (χ0v) is 18.9. The summed E-state index contributed by atoms with van der Waals surface area (Å²) in [4.78, 5) is 32.1. The van der Waals surface area contributed by atoms with Crippen molar-refractivity contribution in [1.29, 1.82) is 0 Å². The Labute approximate surface area is 196 Å². The first-order valence-electron chi connectivity index (χ1n) is 10.7. The molecule has 8 heteroatoms. The molecule has 0 spiro atoms. The summed E-state index contributed by atoms with van der Waals surface area (Å²) in [5, 5.41) is 11.4. The van der Waals surface area contributed by atoms with Gasteiger partial charge in [-0.15, -0.1) is 0 Å². The summed E-state index contributed by atoms with van der Waals surface area (Å²) in [6, 6.07) is 11.2. The van der Waals surface area contributed by atoms with E-state index < -0.39 is 17.7 Å². The van der Waals surface area contributed by atoms with E-state index in [1.165, 1.54) is 4.90 Å².